The fourth-order valence-electron chi connectivity index (χ4n) is 2.03. The number of aromatic nitrogens is 5. The molecule has 3 heterocycles. The van der Waals surface area contributed by atoms with Crippen molar-refractivity contribution in [1.82, 2.24) is 24.8 Å². The molecule has 3 aromatic heterocycles. The Bertz CT molecular complexity index is 837. The summed E-state index contributed by atoms with van der Waals surface area (Å²) < 4.78 is 9.34. The number of anilines is 1. The monoisotopic (exact) mass is 350 g/mol. The molecule has 3 aromatic rings. The molecule has 120 valence electrons. The van der Waals surface area contributed by atoms with Crippen molar-refractivity contribution < 1.29 is 9.21 Å². The maximum Gasteiger partial charge on any atom is 0.322 e. The van der Waals surface area contributed by atoms with Gasteiger partial charge in [0.25, 0.3) is 11.8 Å². The molecule has 0 radical (unpaired) electrons. The minimum absolute atomic E-state index is 0.0475. The van der Waals surface area contributed by atoms with Gasteiger partial charge in [-0.2, -0.15) is 0 Å². The van der Waals surface area contributed by atoms with Crippen molar-refractivity contribution in [2.24, 2.45) is 0 Å². The Morgan fingerprint density at radius 2 is 2.09 bits per heavy atom. The molecule has 1 amide bonds. The number of rotatable bonds is 5. The number of hydrogen-bond acceptors (Lipinski definition) is 9. The molecule has 0 saturated carbocycles. The number of thiazole rings is 1. The maximum absolute atomic E-state index is 12.3. The van der Waals surface area contributed by atoms with Gasteiger partial charge in [-0.15, -0.1) is 21.5 Å². The lowest BCUT2D eigenvalue weighted by Crippen LogP contribution is -2.12. The Kier molecular flexibility index (Phi) is 4.44. The second-order valence-electron chi connectivity index (χ2n) is 4.81. The second-order valence-corrected chi connectivity index (χ2v) is 6.77. The number of aryl methyl sites for hydroxylation is 3. The molecule has 0 atom stereocenters. The van der Waals surface area contributed by atoms with E-state index in [9.17, 15) is 4.79 Å². The highest BCUT2D eigenvalue weighted by molar-refractivity contribution is 7.15. The number of hydrogen-bond donors (Lipinski definition) is 1. The van der Waals surface area contributed by atoms with Gasteiger partial charge in [0.15, 0.2) is 0 Å². The van der Waals surface area contributed by atoms with Gasteiger partial charge < -0.3 is 4.42 Å². The SMILES string of the molecule is CCCc1nnsc1C(=O)Nc1nnc(-c2sc(C)nc2C)o1. The van der Waals surface area contributed by atoms with Crippen LogP contribution < -0.4 is 5.32 Å². The van der Waals surface area contributed by atoms with Crippen LogP contribution in [0.3, 0.4) is 0 Å². The van der Waals surface area contributed by atoms with E-state index in [1.165, 1.54) is 11.3 Å². The third kappa shape index (κ3) is 3.27. The minimum Gasteiger partial charge on any atom is -0.402 e. The van der Waals surface area contributed by atoms with Crippen LogP contribution in [0, 0.1) is 13.8 Å². The number of nitrogens with zero attached hydrogens (tertiary/aromatic N) is 5. The maximum atomic E-state index is 12.3. The van der Waals surface area contributed by atoms with Gasteiger partial charge in [0, 0.05) is 0 Å². The first-order valence-electron chi connectivity index (χ1n) is 6.99. The molecule has 0 aliphatic rings. The molecular weight excluding hydrogens is 336 g/mol. The summed E-state index contributed by atoms with van der Waals surface area (Å²) in [6, 6.07) is 0.0475. The van der Waals surface area contributed by atoms with Crippen molar-refractivity contribution in [2.45, 2.75) is 33.6 Å². The highest BCUT2D eigenvalue weighted by Crippen LogP contribution is 2.29. The van der Waals surface area contributed by atoms with Gasteiger partial charge in [0.05, 0.1) is 16.4 Å². The highest BCUT2D eigenvalue weighted by atomic mass is 32.1. The van der Waals surface area contributed by atoms with Gasteiger partial charge in [-0.05, 0) is 31.8 Å². The summed E-state index contributed by atoms with van der Waals surface area (Å²) in [5.41, 5.74) is 1.51. The lowest BCUT2D eigenvalue weighted by Gasteiger charge is -1.98. The predicted molar refractivity (Wildman–Crippen MR) is 86.7 cm³/mol. The van der Waals surface area contributed by atoms with Crippen molar-refractivity contribution >= 4 is 34.8 Å². The first kappa shape index (κ1) is 15.7. The molecule has 0 bridgehead atoms. The minimum atomic E-state index is -0.337. The number of amides is 1. The Balaban J connectivity index is 1.77. The summed E-state index contributed by atoms with van der Waals surface area (Å²) >= 11 is 2.52. The Morgan fingerprint density at radius 3 is 2.78 bits per heavy atom. The fraction of sp³-hybridized carbons (Fsp3) is 0.385. The summed E-state index contributed by atoms with van der Waals surface area (Å²) in [6.07, 6.45) is 1.59. The summed E-state index contributed by atoms with van der Waals surface area (Å²) in [7, 11) is 0. The average Bonchev–Trinajstić information content (AvgIpc) is 3.20. The van der Waals surface area contributed by atoms with Crippen LogP contribution in [0.5, 0.6) is 0 Å². The quantitative estimate of drug-likeness (QED) is 0.754. The lowest BCUT2D eigenvalue weighted by molar-refractivity contribution is 0.102. The number of carbonyl (C=O) groups excluding carboxylic acids is 1. The molecule has 23 heavy (non-hydrogen) atoms. The first-order chi connectivity index (χ1) is 11.1. The zero-order valence-electron chi connectivity index (χ0n) is 12.8. The zero-order chi connectivity index (χ0) is 16.4. The molecule has 8 nitrogen and oxygen atoms in total. The number of carbonyl (C=O) groups is 1. The van der Waals surface area contributed by atoms with Crippen LogP contribution >= 0.6 is 22.9 Å². The summed E-state index contributed by atoms with van der Waals surface area (Å²) in [6.45, 7) is 5.80. The summed E-state index contributed by atoms with van der Waals surface area (Å²) in [5, 5.41) is 15.3. The van der Waals surface area contributed by atoms with Crippen molar-refractivity contribution in [2.75, 3.05) is 5.32 Å². The third-order valence-electron chi connectivity index (χ3n) is 2.99. The smallest absolute Gasteiger partial charge is 0.322 e. The van der Waals surface area contributed by atoms with Crippen molar-refractivity contribution in [3.05, 3.63) is 21.3 Å². The predicted octanol–water partition coefficient (Wildman–Crippen LogP) is 2.87. The van der Waals surface area contributed by atoms with Crippen LogP contribution in [0.15, 0.2) is 4.42 Å². The van der Waals surface area contributed by atoms with E-state index >= 15 is 0 Å². The molecule has 0 saturated heterocycles. The molecule has 0 fully saturated rings. The van der Waals surface area contributed by atoms with Gasteiger partial charge >= 0.3 is 6.01 Å². The van der Waals surface area contributed by atoms with Crippen LogP contribution in [0.4, 0.5) is 6.01 Å². The van der Waals surface area contributed by atoms with E-state index in [1.807, 2.05) is 20.8 Å². The van der Waals surface area contributed by atoms with Crippen LogP contribution in [0.25, 0.3) is 10.8 Å². The summed E-state index contributed by atoms with van der Waals surface area (Å²) in [4.78, 5) is 17.9. The van der Waals surface area contributed by atoms with Gasteiger partial charge in [-0.3, -0.25) is 10.1 Å². The highest BCUT2D eigenvalue weighted by Gasteiger charge is 2.20. The van der Waals surface area contributed by atoms with Gasteiger partial charge in [0.2, 0.25) is 0 Å². The molecule has 0 aliphatic heterocycles. The first-order valence-corrected chi connectivity index (χ1v) is 8.58. The Hall–Kier alpha value is -2.20. The fourth-order valence-corrected chi connectivity index (χ4v) is 3.47. The van der Waals surface area contributed by atoms with E-state index in [2.05, 4.69) is 30.1 Å². The topological polar surface area (TPSA) is 107 Å². The van der Waals surface area contributed by atoms with Crippen molar-refractivity contribution in [1.29, 1.82) is 0 Å². The standard InChI is InChI=1S/C13H14N6O2S2/c1-4-5-8-10(23-19-16-8)11(20)15-13-18-17-12(21-13)9-6(2)14-7(3)22-9/h4-5H2,1-3H3,(H,15,18,20). The van der Waals surface area contributed by atoms with Gasteiger partial charge in [0.1, 0.15) is 9.75 Å². The van der Waals surface area contributed by atoms with E-state index in [0.717, 1.165) is 33.5 Å². The van der Waals surface area contributed by atoms with Crippen molar-refractivity contribution in [3.63, 3.8) is 0 Å². The lowest BCUT2D eigenvalue weighted by atomic mass is 10.2. The van der Waals surface area contributed by atoms with Crippen LogP contribution in [0.2, 0.25) is 0 Å². The third-order valence-corrected chi connectivity index (χ3v) is 4.82. The van der Waals surface area contributed by atoms with Crippen molar-refractivity contribution in [3.8, 4) is 10.8 Å². The van der Waals surface area contributed by atoms with Crippen LogP contribution in [0.1, 0.15) is 39.4 Å². The van der Waals surface area contributed by atoms with Gasteiger partial charge in [-0.25, -0.2) is 4.98 Å². The second kappa shape index (κ2) is 6.50. The van der Waals surface area contributed by atoms with E-state index < -0.39 is 0 Å². The average molecular weight is 350 g/mol. The van der Waals surface area contributed by atoms with E-state index in [1.54, 1.807) is 0 Å². The van der Waals surface area contributed by atoms with E-state index in [-0.39, 0.29) is 11.9 Å². The van der Waals surface area contributed by atoms with Gasteiger partial charge in [-0.1, -0.05) is 22.9 Å². The molecule has 0 spiro atoms. The largest absolute Gasteiger partial charge is 0.402 e. The Labute approximate surface area is 140 Å². The van der Waals surface area contributed by atoms with Crippen LogP contribution in [-0.2, 0) is 6.42 Å². The Morgan fingerprint density at radius 1 is 1.26 bits per heavy atom. The van der Waals surface area contributed by atoms with Crippen LogP contribution in [-0.4, -0.2) is 30.7 Å². The molecule has 10 heteroatoms. The molecule has 1 N–H and O–H groups in total. The van der Waals surface area contributed by atoms with E-state index in [4.69, 9.17) is 4.42 Å². The normalized spacial score (nSPS) is 10.9. The number of nitrogens with one attached hydrogen (secondary N) is 1. The summed E-state index contributed by atoms with van der Waals surface area (Å²) in [5.74, 6) is 0.00969. The molecular formula is C13H14N6O2S2. The molecule has 0 aliphatic carbocycles. The van der Waals surface area contributed by atoms with E-state index in [0.29, 0.717) is 22.9 Å². The molecule has 0 aromatic carbocycles. The molecule has 0 unspecified atom stereocenters. The molecule has 3 rings (SSSR count). The zero-order valence-corrected chi connectivity index (χ0v) is 14.4.